The smallest absolute Gasteiger partial charge is 0.0788 e. The third-order valence-electron chi connectivity index (χ3n) is 2.59. The van der Waals surface area contributed by atoms with Gasteiger partial charge in [-0.3, -0.25) is 0 Å². The molecule has 0 fully saturated rings. The Kier molecular flexibility index (Phi) is 3.70. The lowest BCUT2D eigenvalue weighted by Gasteiger charge is -2.22. The van der Waals surface area contributed by atoms with E-state index in [-0.39, 0.29) is 12.7 Å². The van der Waals surface area contributed by atoms with E-state index >= 15 is 0 Å². The van der Waals surface area contributed by atoms with Gasteiger partial charge in [0.05, 0.1) is 6.10 Å². The molecule has 0 saturated heterocycles. The van der Waals surface area contributed by atoms with E-state index in [1.165, 1.54) is 11.1 Å². The van der Waals surface area contributed by atoms with Crippen LogP contribution in [0.1, 0.15) is 33.1 Å². The summed E-state index contributed by atoms with van der Waals surface area (Å²) in [5.41, 5.74) is 3.63. The first-order valence-electron chi connectivity index (χ1n) is 4.78. The molecule has 74 valence electrons. The van der Waals surface area contributed by atoms with Gasteiger partial charge < -0.3 is 10.2 Å². The van der Waals surface area contributed by atoms with Gasteiger partial charge in [-0.05, 0) is 38.7 Å². The van der Waals surface area contributed by atoms with E-state index in [1.54, 1.807) is 0 Å². The summed E-state index contributed by atoms with van der Waals surface area (Å²) in [6.07, 6.45) is 3.97. The fraction of sp³-hybridized carbons (Fsp3) is 0.636. The van der Waals surface area contributed by atoms with Crippen molar-refractivity contribution >= 4 is 0 Å². The third kappa shape index (κ3) is 2.68. The molecule has 0 aromatic heterocycles. The van der Waals surface area contributed by atoms with Crippen molar-refractivity contribution in [3.8, 4) is 0 Å². The molecule has 2 N–H and O–H groups in total. The third-order valence-corrected chi connectivity index (χ3v) is 2.59. The van der Waals surface area contributed by atoms with Crippen LogP contribution in [-0.2, 0) is 0 Å². The van der Waals surface area contributed by atoms with E-state index in [4.69, 9.17) is 5.11 Å². The lowest BCUT2D eigenvalue weighted by Crippen LogP contribution is -2.17. The summed E-state index contributed by atoms with van der Waals surface area (Å²) in [4.78, 5) is 0. The molecule has 0 saturated carbocycles. The van der Waals surface area contributed by atoms with E-state index in [1.807, 2.05) is 6.08 Å². The maximum atomic E-state index is 9.71. The summed E-state index contributed by atoms with van der Waals surface area (Å²) in [5.74, 6) is 0. The highest BCUT2D eigenvalue weighted by Gasteiger charge is 2.17. The van der Waals surface area contributed by atoms with Gasteiger partial charge in [0.25, 0.3) is 0 Å². The summed E-state index contributed by atoms with van der Waals surface area (Å²) in [5, 5.41) is 18.5. The van der Waals surface area contributed by atoms with Gasteiger partial charge in [0, 0.05) is 6.61 Å². The number of rotatable bonds is 2. The molecule has 0 amide bonds. The normalized spacial score (nSPS) is 22.9. The molecular formula is C11H18O2. The zero-order valence-corrected chi connectivity index (χ0v) is 8.38. The van der Waals surface area contributed by atoms with E-state index in [2.05, 4.69) is 13.8 Å². The zero-order chi connectivity index (χ0) is 9.84. The number of hydrogen-bond acceptors (Lipinski definition) is 2. The number of allylic oxidation sites excluding steroid dienone is 2. The predicted octanol–water partition coefficient (Wildman–Crippen LogP) is 1.79. The Balaban J connectivity index is 2.69. The van der Waals surface area contributed by atoms with Gasteiger partial charge in [0.1, 0.15) is 0 Å². The van der Waals surface area contributed by atoms with Crippen molar-refractivity contribution in [3.63, 3.8) is 0 Å². The van der Waals surface area contributed by atoms with Crippen LogP contribution < -0.4 is 0 Å². The highest BCUT2D eigenvalue weighted by atomic mass is 16.3. The lowest BCUT2D eigenvalue weighted by atomic mass is 9.88. The topological polar surface area (TPSA) is 40.5 Å². The van der Waals surface area contributed by atoms with Gasteiger partial charge in [-0.15, -0.1) is 0 Å². The second kappa shape index (κ2) is 4.58. The van der Waals surface area contributed by atoms with Gasteiger partial charge in [-0.1, -0.05) is 17.2 Å². The maximum absolute atomic E-state index is 9.71. The van der Waals surface area contributed by atoms with Crippen LogP contribution in [0.2, 0.25) is 0 Å². The fourth-order valence-corrected chi connectivity index (χ4v) is 1.64. The van der Waals surface area contributed by atoms with Crippen LogP contribution in [0, 0.1) is 0 Å². The van der Waals surface area contributed by atoms with Crippen molar-refractivity contribution < 1.29 is 10.2 Å². The molecule has 0 heterocycles. The fourth-order valence-electron chi connectivity index (χ4n) is 1.64. The van der Waals surface area contributed by atoms with Crippen LogP contribution in [0.4, 0.5) is 0 Å². The standard InChI is InChI=1S/C11H18O2/c1-8(2)10-4-3-9(5-6-12)11(13)7-10/h3,11-13H,4-7H2,1-2H3. The monoisotopic (exact) mass is 182 g/mol. The summed E-state index contributed by atoms with van der Waals surface area (Å²) in [6, 6.07) is 0. The summed E-state index contributed by atoms with van der Waals surface area (Å²) in [6.45, 7) is 4.28. The number of hydrogen-bond donors (Lipinski definition) is 2. The number of aliphatic hydroxyl groups excluding tert-OH is 2. The predicted molar refractivity (Wildman–Crippen MR) is 53.4 cm³/mol. The summed E-state index contributed by atoms with van der Waals surface area (Å²) in [7, 11) is 0. The molecule has 0 radical (unpaired) electrons. The Labute approximate surface area is 79.6 Å². The molecule has 0 aliphatic heterocycles. The molecular weight excluding hydrogens is 164 g/mol. The van der Waals surface area contributed by atoms with Gasteiger partial charge in [-0.25, -0.2) is 0 Å². The highest BCUT2D eigenvalue weighted by Crippen LogP contribution is 2.27. The van der Waals surface area contributed by atoms with Crippen molar-refractivity contribution in [3.05, 3.63) is 22.8 Å². The van der Waals surface area contributed by atoms with E-state index in [0.717, 1.165) is 18.4 Å². The van der Waals surface area contributed by atoms with Crippen LogP contribution in [0.3, 0.4) is 0 Å². The van der Waals surface area contributed by atoms with E-state index in [9.17, 15) is 5.11 Å². The number of aliphatic hydroxyl groups is 2. The van der Waals surface area contributed by atoms with E-state index in [0.29, 0.717) is 6.42 Å². The Bertz CT molecular complexity index is 234. The quantitative estimate of drug-likeness (QED) is 0.639. The van der Waals surface area contributed by atoms with Crippen LogP contribution >= 0.6 is 0 Å². The Hall–Kier alpha value is -0.600. The minimum Gasteiger partial charge on any atom is -0.396 e. The minimum absolute atomic E-state index is 0.132. The first-order valence-corrected chi connectivity index (χ1v) is 4.78. The van der Waals surface area contributed by atoms with Crippen LogP contribution in [0.15, 0.2) is 22.8 Å². The molecule has 0 aromatic carbocycles. The maximum Gasteiger partial charge on any atom is 0.0788 e. The molecule has 0 bridgehead atoms. The second-order valence-corrected chi connectivity index (χ2v) is 3.78. The minimum atomic E-state index is -0.370. The molecule has 1 aliphatic carbocycles. The van der Waals surface area contributed by atoms with Crippen LogP contribution in [0.25, 0.3) is 0 Å². The Morgan fingerprint density at radius 3 is 2.69 bits per heavy atom. The summed E-state index contributed by atoms with van der Waals surface area (Å²) < 4.78 is 0. The lowest BCUT2D eigenvalue weighted by molar-refractivity contribution is 0.192. The average molecular weight is 182 g/mol. The van der Waals surface area contributed by atoms with Gasteiger partial charge in [-0.2, -0.15) is 0 Å². The molecule has 13 heavy (non-hydrogen) atoms. The van der Waals surface area contributed by atoms with Crippen molar-refractivity contribution in [2.24, 2.45) is 0 Å². The highest BCUT2D eigenvalue weighted by molar-refractivity contribution is 5.25. The van der Waals surface area contributed by atoms with Gasteiger partial charge in [0.2, 0.25) is 0 Å². The molecule has 2 nitrogen and oxygen atoms in total. The first kappa shape index (κ1) is 10.5. The van der Waals surface area contributed by atoms with Gasteiger partial charge in [0.15, 0.2) is 0 Å². The molecule has 1 rings (SSSR count). The van der Waals surface area contributed by atoms with Gasteiger partial charge >= 0.3 is 0 Å². The first-order chi connectivity index (χ1) is 6.15. The molecule has 0 spiro atoms. The SMILES string of the molecule is CC(C)=C1CC=C(CCO)C(O)C1. The Morgan fingerprint density at radius 1 is 1.54 bits per heavy atom. The average Bonchev–Trinajstić information content (AvgIpc) is 2.08. The van der Waals surface area contributed by atoms with E-state index < -0.39 is 0 Å². The van der Waals surface area contributed by atoms with Crippen LogP contribution in [-0.4, -0.2) is 22.9 Å². The second-order valence-electron chi connectivity index (χ2n) is 3.78. The molecule has 2 heteroatoms. The molecule has 1 aliphatic rings. The van der Waals surface area contributed by atoms with Crippen LogP contribution in [0.5, 0.6) is 0 Å². The molecule has 1 unspecified atom stereocenters. The molecule has 1 atom stereocenters. The Morgan fingerprint density at radius 2 is 2.23 bits per heavy atom. The zero-order valence-electron chi connectivity index (χ0n) is 8.38. The van der Waals surface area contributed by atoms with Crippen molar-refractivity contribution in [1.82, 2.24) is 0 Å². The largest absolute Gasteiger partial charge is 0.396 e. The van der Waals surface area contributed by atoms with Crippen molar-refractivity contribution in [2.45, 2.75) is 39.2 Å². The molecule has 0 aromatic rings. The van der Waals surface area contributed by atoms with Crippen molar-refractivity contribution in [2.75, 3.05) is 6.61 Å². The van der Waals surface area contributed by atoms with Crippen molar-refractivity contribution in [1.29, 1.82) is 0 Å². The summed E-state index contributed by atoms with van der Waals surface area (Å²) >= 11 is 0.